The van der Waals surface area contributed by atoms with E-state index in [1.165, 1.54) is 16.9 Å². The average Bonchev–Trinajstić information content (AvgIpc) is 3.36. The predicted molar refractivity (Wildman–Crippen MR) is 119 cm³/mol. The number of fused-ring (bicyclic) bond motifs is 1. The molecular weight excluding hydrogens is 398 g/mol. The van der Waals surface area contributed by atoms with Gasteiger partial charge in [0, 0.05) is 42.7 Å². The predicted octanol–water partition coefficient (Wildman–Crippen LogP) is 3.32. The quantitative estimate of drug-likeness (QED) is 0.607. The number of likely N-dealkylation sites (tertiary alicyclic amines) is 1. The molecule has 158 valence electrons. The Hall–Kier alpha value is -2.48. The Morgan fingerprint density at radius 1 is 1.37 bits per heavy atom. The molecule has 3 aromatic rings. The number of aliphatic hydroxyl groups is 1. The van der Waals surface area contributed by atoms with Gasteiger partial charge in [0.2, 0.25) is 0 Å². The first-order valence-corrected chi connectivity index (χ1v) is 11.0. The van der Waals surface area contributed by atoms with Crippen LogP contribution < -0.4 is 10.1 Å². The van der Waals surface area contributed by atoms with Crippen molar-refractivity contribution >= 4 is 27.5 Å². The third-order valence-corrected chi connectivity index (χ3v) is 6.81. The number of carbonyl (C=O) groups excluding carboxylic acids is 1. The van der Waals surface area contributed by atoms with Gasteiger partial charge in [-0.1, -0.05) is 24.3 Å². The van der Waals surface area contributed by atoms with Gasteiger partial charge in [0.15, 0.2) is 0 Å². The van der Waals surface area contributed by atoms with E-state index < -0.39 is 0 Å². The van der Waals surface area contributed by atoms with Gasteiger partial charge >= 0.3 is 0 Å². The number of hydrogen-bond donors (Lipinski definition) is 2. The van der Waals surface area contributed by atoms with Crippen LogP contribution >= 0.6 is 11.3 Å². The van der Waals surface area contributed by atoms with Crippen LogP contribution in [-0.4, -0.2) is 54.2 Å². The lowest BCUT2D eigenvalue weighted by Gasteiger charge is -2.19. The van der Waals surface area contributed by atoms with Crippen molar-refractivity contribution in [1.82, 2.24) is 15.2 Å². The number of nitrogens with one attached hydrogen (secondary N) is 1. The van der Waals surface area contributed by atoms with Crippen molar-refractivity contribution < 1.29 is 14.6 Å². The molecule has 6 nitrogen and oxygen atoms in total. The van der Waals surface area contributed by atoms with Crippen LogP contribution in [0.1, 0.15) is 38.7 Å². The number of aromatic nitrogens is 1. The summed E-state index contributed by atoms with van der Waals surface area (Å²) in [5.74, 6) is 1.10. The summed E-state index contributed by atoms with van der Waals surface area (Å²) < 4.78 is 5.62. The highest BCUT2D eigenvalue weighted by Crippen LogP contribution is 2.40. The highest BCUT2D eigenvalue weighted by molar-refractivity contribution is 7.20. The Morgan fingerprint density at radius 2 is 2.23 bits per heavy atom. The molecule has 1 saturated heterocycles. The van der Waals surface area contributed by atoms with Crippen LogP contribution in [-0.2, 0) is 6.54 Å². The van der Waals surface area contributed by atoms with Gasteiger partial charge in [-0.25, -0.2) is 4.98 Å². The fourth-order valence-corrected chi connectivity index (χ4v) is 5.50. The molecule has 2 aromatic heterocycles. The molecular formula is C23H27N3O3S. The fraction of sp³-hybridized carbons (Fsp3) is 0.391. The molecule has 1 amide bonds. The maximum atomic E-state index is 12.8. The molecule has 1 aromatic carbocycles. The topological polar surface area (TPSA) is 74.7 Å². The van der Waals surface area contributed by atoms with E-state index in [2.05, 4.69) is 46.4 Å². The molecule has 0 saturated carbocycles. The lowest BCUT2D eigenvalue weighted by atomic mass is 9.95. The number of aryl methyl sites for hydroxylation is 1. The van der Waals surface area contributed by atoms with E-state index in [0.717, 1.165) is 58.0 Å². The first kappa shape index (κ1) is 20.8. The first-order chi connectivity index (χ1) is 14.6. The molecule has 0 unspecified atom stereocenters. The average molecular weight is 426 g/mol. The van der Waals surface area contributed by atoms with Crippen molar-refractivity contribution in [2.45, 2.75) is 25.8 Å². The molecule has 30 heavy (non-hydrogen) atoms. The zero-order valence-corrected chi connectivity index (χ0v) is 18.2. The Balaban J connectivity index is 1.59. The molecule has 2 N–H and O–H groups in total. The largest absolute Gasteiger partial charge is 0.496 e. The van der Waals surface area contributed by atoms with E-state index in [-0.39, 0.29) is 25.0 Å². The highest BCUT2D eigenvalue weighted by atomic mass is 32.1. The van der Waals surface area contributed by atoms with E-state index in [9.17, 15) is 4.79 Å². The summed E-state index contributed by atoms with van der Waals surface area (Å²) in [7, 11) is 1.72. The second-order valence-corrected chi connectivity index (χ2v) is 8.67. The molecule has 0 spiro atoms. The van der Waals surface area contributed by atoms with Gasteiger partial charge in [-0.05, 0) is 37.1 Å². The Kier molecular flexibility index (Phi) is 6.32. The number of benzene rings is 1. The number of carbonyl (C=O) groups is 1. The maximum absolute atomic E-state index is 12.8. The number of thiophene rings is 1. The van der Waals surface area contributed by atoms with Crippen molar-refractivity contribution in [2.24, 2.45) is 0 Å². The molecule has 1 fully saturated rings. The van der Waals surface area contributed by atoms with Gasteiger partial charge < -0.3 is 15.2 Å². The summed E-state index contributed by atoms with van der Waals surface area (Å²) in [4.78, 5) is 21.3. The van der Waals surface area contributed by atoms with E-state index >= 15 is 0 Å². The second kappa shape index (κ2) is 9.12. The van der Waals surface area contributed by atoms with Gasteiger partial charge in [-0.3, -0.25) is 9.69 Å². The molecule has 1 aliphatic heterocycles. The number of rotatable bonds is 7. The number of nitrogens with zero attached hydrogens (tertiary/aromatic N) is 2. The van der Waals surface area contributed by atoms with Crippen LogP contribution in [0.5, 0.6) is 5.75 Å². The van der Waals surface area contributed by atoms with Crippen molar-refractivity contribution in [3.8, 4) is 5.75 Å². The summed E-state index contributed by atoms with van der Waals surface area (Å²) in [6.45, 7) is 4.93. The van der Waals surface area contributed by atoms with E-state index in [1.54, 1.807) is 13.3 Å². The molecule has 1 aliphatic rings. The standard InChI is InChI=1S/C23H27N3O3S/c1-15-5-3-6-17(20(15)29-2)14-26-11-8-16(13-26)19-18-7-4-9-25-23(18)30-21(19)22(28)24-10-12-27/h3-7,9,16,27H,8,10-14H2,1-2H3,(H,24,28)/t16-/m1/s1. The van der Waals surface area contributed by atoms with Gasteiger partial charge in [0.05, 0.1) is 18.6 Å². The molecule has 0 aliphatic carbocycles. The zero-order valence-electron chi connectivity index (χ0n) is 17.4. The minimum Gasteiger partial charge on any atom is -0.496 e. The molecule has 0 bridgehead atoms. The molecule has 7 heteroatoms. The zero-order chi connectivity index (χ0) is 21.1. The lowest BCUT2D eigenvalue weighted by Crippen LogP contribution is -2.27. The van der Waals surface area contributed by atoms with Crippen LogP contribution in [0, 0.1) is 6.92 Å². The third-order valence-electron chi connectivity index (χ3n) is 5.68. The number of pyridine rings is 1. The third kappa shape index (κ3) is 4.05. The first-order valence-electron chi connectivity index (χ1n) is 10.2. The monoisotopic (exact) mass is 425 g/mol. The van der Waals surface area contributed by atoms with Gasteiger partial charge in [-0.2, -0.15) is 0 Å². The number of ether oxygens (including phenoxy) is 1. The van der Waals surface area contributed by atoms with Crippen LogP contribution in [0.4, 0.5) is 0 Å². The minimum absolute atomic E-state index is 0.0697. The Morgan fingerprint density at radius 3 is 3.03 bits per heavy atom. The number of para-hydroxylation sites is 1. The summed E-state index contributed by atoms with van der Waals surface area (Å²) >= 11 is 1.44. The van der Waals surface area contributed by atoms with Crippen LogP contribution in [0.25, 0.3) is 10.2 Å². The van der Waals surface area contributed by atoms with Crippen LogP contribution in [0.3, 0.4) is 0 Å². The van der Waals surface area contributed by atoms with Crippen LogP contribution in [0.2, 0.25) is 0 Å². The smallest absolute Gasteiger partial charge is 0.261 e. The molecule has 0 radical (unpaired) electrons. The summed E-state index contributed by atoms with van der Waals surface area (Å²) in [5, 5.41) is 13.0. The second-order valence-electron chi connectivity index (χ2n) is 7.67. The molecule has 4 rings (SSSR count). The van der Waals surface area contributed by atoms with E-state index in [4.69, 9.17) is 9.84 Å². The lowest BCUT2D eigenvalue weighted by molar-refractivity contribution is 0.0947. The molecule has 1 atom stereocenters. The number of methoxy groups -OCH3 is 1. The van der Waals surface area contributed by atoms with Crippen molar-refractivity contribution in [2.75, 3.05) is 33.4 Å². The fourth-order valence-electron chi connectivity index (χ4n) is 4.36. The van der Waals surface area contributed by atoms with Crippen molar-refractivity contribution in [3.63, 3.8) is 0 Å². The number of amides is 1. The van der Waals surface area contributed by atoms with Gasteiger partial charge in [0.25, 0.3) is 5.91 Å². The van der Waals surface area contributed by atoms with Crippen molar-refractivity contribution in [1.29, 1.82) is 0 Å². The van der Waals surface area contributed by atoms with Gasteiger partial charge in [0.1, 0.15) is 10.6 Å². The summed E-state index contributed by atoms with van der Waals surface area (Å²) in [6, 6.07) is 10.2. The molecule has 3 heterocycles. The Labute approximate surface area is 180 Å². The van der Waals surface area contributed by atoms with E-state index in [0.29, 0.717) is 0 Å². The van der Waals surface area contributed by atoms with Gasteiger partial charge in [-0.15, -0.1) is 11.3 Å². The summed E-state index contributed by atoms with van der Waals surface area (Å²) in [6.07, 6.45) is 2.76. The SMILES string of the molecule is COc1c(C)cccc1CN1CC[C@@H](c2c(C(=O)NCCO)sc3ncccc23)C1. The van der Waals surface area contributed by atoms with Crippen LogP contribution in [0.15, 0.2) is 36.5 Å². The normalized spacial score (nSPS) is 16.8. The maximum Gasteiger partial charge on any atom is 0.261 e. The van der Waals surface area contributed by atoms with Crippen molar-refractivity contribution in [3.05, 3.63) is 58.1 Å². The summed E-state index contributed by atoms with van der Waals surface area (Å²) in [5.41, 5.74) is 3.43. The van der Waals surface area contributed by atoms with E-state index in [1.807, 2.05) is 6.07 Å². The number of hydrogen-bond acceptors (Lipinski definition) is 6. The number of aliphatic hydroxyl groups excluding tert-OH is 1. The Bertz CT molecular complexity index is 1050. The highest BCUT2D eigenvalue weighted by Gasteiger charge is 2.31. The minimum atomic E-state index is -0.124.